The van der Waals surface area contributed by atoms with E-state index in [-0.39, 0.29) is 0 Å². The number of benzene rings is 1. The Hall–Kier alpha value is -3.21. The molecule has 23 heavy (non-hydrogen) atoms. The van der Waals surface area contributed by atoms with Crippen molar-refractivity contribution >= 4 is 16.6 Å². The van der Waals surface area contributed by atoms with E-state index in [2.05, 4.69) is 26.5 Å². The van der Waals surface area contributed by atoms with Gasteiger partial charge in [-0.05, 0) is 23.6 Å². The lowest BCUT2D eigenvalue weighted by Crippen LogP contribution is -2.00. The van der Waals surface area contributed by atoms with Crippen molar-refractivity contribution in [2.45, 2.75) is 6.54 Å². The van der Waals surface area contributed by atoms with Gasteiger partial charge in [-0.1, -0.05) is 29.4 Å². The first-order valence-electron chi connectivity index (χ1n) is 7.34. The largest absolute Gasteiger partial charge is 0.362 e. The van der Waals surface area contributed by atoms with E-state index in [0.717, 1.165) is 33.6 Å². The number of fused-ring (bicyclic) bond motifs is 1. The predicted octanol–water partition coefficient (Wildman–Crippen LogP) is 3.90. The fourth-order valence-electron chi connectivity index (χ4n) is 2.48. The van der Waals surface area contributed by atoms with Crippen molar-refractivity contribution in [2.75, 3.05) is 5.32 Å². The molecule has 3 aromatic heterocycles. The summed E-state index contributed by atoms with van der Waals surface area (Å²) in [7, 11) is 0. The smallest absolute Gasteiger partial charge is 0.156 e. The molecule has 0 unspecified atom stereocenters. The molecular weight excluding hydrogens is 288 g/mol. The minimum Gasteiger partial charge on any atom is -0.362 e. The quantitative estimate of drug-likeness (QED) is 0.619. The Labute approximate surface area is 133 Å². The van der Waals surface area contributed by atoms with Gasteiger partial charge in [0.2, 0.25) is 0 Å². The standard InChI is InChI=1S/C18H14N4O/c1-2-6-16-13(4-1)7-9-20-18(16)21-12-15-10-17(22-23-15)14-5-3-8-19-11-14/h1-11H,12H2,(H,20,21). The lowest BCUT2D eigenvalue weighted by molar-refractivity contribution is 0.390. The van der Waals surface area contributed by atoms with Crippen LogP contribution in [-0.4, -0.2) is 15.1 Å². The molecule has 1 aromatic carbocycles. The molecule has 0 spiro atoms. The van der Waals surface area contributed by atoms with Crippen LogP contribution in [0.3, 0.4) is 0 Å². The van der Waals surface area contributed by atoms with Crippen LogP contribution < -0.4 is 5.32 Å². The van der Waals surface area contributed by atoms with Gasteiger partial charge < -0.3 is 9.84 Å². The molecule has 0 atom stereocenters. The molecule has 0 aliphatic heterocycles. The zero-order valence-corrected chi connectivity index (χ0v) is 12.3. The number of aromatic nitrogens is 3. The highest BCUT2D eigenvalue weighted by Crippen LogP contribution is 2.22. The van der Waals surface area contributed by atoms with E-state index >= 15 is 0 Å². The van der Waals surface area contributed by atoms with Crippen LogP contribution in [0.4, 0.5) is 5.82 Å². The molecule has 0 radical (unpaired) electrons. The summed E-state index contributed by atoms with van der Waals surface area (Å²) < 4.78 is 5.38. The summed E-state index contributed by atoms with van der Waals surface area (Å²) in [5.74, 6) is 1.58. The minimum atomic E-state index is 0.522. The van der Waals surface area contributed by atoms with E-state index in [0.29, 0.717) is 6.54 Å². The molecule has 1 N–H and O–H groups in total. The van der Waals surface area contributed by atoms with Gasteiger partial charge in [0.15, 0.2) is 5.76 Å². The van der Waals surface area contributed by atoms with E-state index in [9.17, 15) is 0 Å². The van der Waals surface area contributed by atoms with Crippen molar-refractivity contribution in [2.24, 2.45) is 0 Å². The molecule has 0 aliphatic rings. The highest BCUT2D eigenvalue weighted by atomic mass is 16.5. The number of rotatable bonds is 4. The van der Waals surface area contributed by atoms with Gasteiger partial charge >= 0.3 is 0 Å². The Morgan fingerprint density at radius 3 is 2.87 bits per heavy atom. The zero-order valence-electron chi connectivity index (χ0n) is 12.3. The van der Waals surface area contributed by atoms with Gasteiger partial charge in [0.05, 0.1) is 6.54 Å². The Bertz CT molecular complexity index is 929. The molecule has 0 saturated carbocycles. The van der Waals surface area contributed by atoms with Gasteiger partial charge in [0.25, 0.3) is 0 Å². The Morgan fingerprint density at radius 1 is 1.00 bits per heavy atom. The van der Waals surface area contributed by atoms with Crippen molar-refractivity contribution in [1.29, 1.82) is 0 Å². The Morgan fingerprint density at radius 2 is 1.96 bits per heavy atom. The lowest BCUT2D eigenvalue weighted by atomic mass is 10.1. The fraction of sp³-hybridized carbons (Fsp3) is 0.0556. The molecule has 0 aliphatic carbocycles. The van der Waals surface area contributed by atoms with Crippen LogP contribution in [0.1, 0.15) is 5.76 Å². The highest BCUT2D eigenvalue weighted by molar-refractivity contribution is 5.91. The fourth-order valence-corrected chi connectivity index (χ4v) is 2.48. The number of nitrogens with one attached hydrogen (secondary N) is 1. The van der Waals surface area contributed by atoms with E-state index < -0.39 is 0 Å². The van der Waals surface area contributed by atoms with E-state index in [1.807, 2.05) is 42.5 Å². The van der Waals surface area contributed by atoms with Gasteiger partial charge in [-0.25, -0.2) is 4.98 Å². The van der Waals surface area contributed by atoms with Crippen molar-refractivity contribution < 1.29 is 4.52 Å². The summed E-state index contributed by atoms with van der Waals surface area (Å²) >= 11 is 0. The number of anilines is 1. The van der Waals surface area contributed by atoms with Crippen molar-refractivity contribution in [3.8, 4) is 11.3 Å². The second kappa shape index (κ2) is 5.88. The van der Waals surface area contributed by atoms with Gasteiger partial charge in [0, 0.05) is 35.6 Å². The Balaban J connectivity index is 1.54. The zero-order chi connectivity index (χ0) is 15.5. The summed E-state index contributed by atoms with van der Waals surface area (Å²) in [6, 6.07) is 15.9. The number of hydrogen-bond donors (Lipinski definition) is 1. The maximum Gasteiger partial charge on any atom is 0.156 e. The first-order valence-corrected chi connectivity index (χ1v) is 7.34. The molecule has 5 heteroatoms. The summed E-state index contributed by atoms with van der Waals surface area (Å²) in [5.41, 5.74) is 1.71. The number of hydrogen-bond acceptors (Lipinski definition) is 5. The first kappa shape index (κ1) is 13.5. The van der Waals surface area contributed by atoms with Crippen LogP contribution in [0.15, 0.2) is 71.6 Å². The predicted molar refractivity (Wildman–Crippen MR) is 88.8 cm³/mol. The van der Waals surface area contributed by atoms with Gasteiger partial charge in [-0.15, -0.1) is 0 Å². The van der Waals surface area contributed by atoms with Crippen LogP contribution >= 0.6 is 0 Å². The van der Waals surface area contributed by atoms with Crippen LogP contribution in [0.5, 0.6) is 0 Å². The Kier molecular flexibility index (Phi) is 3.44. The normalized spacial score (nSPS) is 10.8. The maximum absolute atomic E-state index is 5.38. The van der Waals surface area contributed by atoms with Crippen LogP contribution in [0.2, 0.25) is 0 Å². The molecule has 4 aromatic rings. The maximum atomic E-state index is 5.38. The topological polar surface area (TPSA) is 63.8 Å². The van der Waals surface area contributed by atoms with Gasteiger partial charge in [-0.2, -0.15) is 0 Å². The number of pyridine rings is 2. The van der Waals surface area contributed by atoms with E-state index in [1.165, 1.54) is 0 Å². The molecule has 4 rings (SSSR count). The summed E-state index contributed by atoms with van der Waals surface area (Å²) in [4.78, 5) is 8.49. The second-order valence-electron chi connectivity index (χ2n) is 5.15. The SMILES string of the molecule is c1cncc(-c2cc(CNc3nccc4ccccc34)on2)c1. The summed E-state index contributed by atoms with van der Waals surface area (Å²) in [5, 5.41) is 9.63. The third-order valence-corrected chi connectivity index (χ3v) is 3.62. The molecular formula is C18H14N4O. The summed E-state index contributed by atoms with van der Waals surface area (Å²) in [6.07, 6.45) is 5.30. The van der Waals surface area contributed by atoms with Crippen LogP contribution in [-0.2, 0) is 6.54 Å². The second-order valence-corrected chi connectivity index (χ2v) is 5.15. The third kappa shape index (κ3) is 2.76. The van der Waals surface area contributed by atoms with E-state index in [1.54, 1.807) is 18.6 Å². The molecule has 0 fully saturated rings. The van der Waals surface area contributed by atoms with Crippen molar-refractivity contribution in [3.05, 3.63) is 72.9 Å². The monoisotopic (exact) mass is 302 g/mol. The molecule has 5 nitrogen and oxygen atoms in total. The lowest BCUT2D eigenvalue weighted by Gasteiger charge is -2.06. The summed E-state index contributed by atoms with van der Waals surface area (Å²) in [6.45, 7) is 0.522. The highest BCUT2D eigenvalue weighted by Gasteiger charge is 2.07. The average molecular weight is 302 g/mol. The molecule has 3 heterocycles. The third-order valence-electron chi connectivity index (χ3n) is 3.62. The van der Waals surface area contributed by atoms with Crippen LogP contribution in [0, 0.1) is 0 Å². The average Bonchev–Trinajstić information content (AvgIpc) is 3.10. The molecule has 0 amide bonds. The van der Waals surface area contributed by atoms with Crippen LogP contribution in [0.25, 0.3) is 22.0 Å². The van der Waals surface area contributed by atoms with Gasteiger partial charge in [0.1, 0.15) is 11.5 Å². The number of nitrogens with zero attached hydrogens (tertiary/aromatic N) is 3. The molecule has 0 saturated heterocycles. The van der Waals surface area contributed by atoms with Crippen molar-refractivity contribution in [1.82, 2.24) is 15.1 Å². The van der Waals surface area contributed by atoms with Crippen molar-refractivity contribution in [3.63, 3.8) is 0 Å². The molecule has 112 valence electrons. The van der Waals surface area contributed by atoms with E-state index in [4.69, 9.17) is 4.52 Å². The first-order chi connectivity index (χ1) is 11.4. The molecule has 0 bridgehead atoms. The van der Waals surface area contributed by atoms with Gasteiger partial charge in [-0.3, -0.25) is 4.98 Å². The minimum absolute atomic E-state index is 0.522.